The molecule has 0 aliphatic heterocycles. The minimum atomic E-state index is -2.37. The maximum atomic E-state index is 13.5. The van der Waals surface area contributed by atoms with Crippen molar-refractivity contribution in [1.82, 2.24) is 5.32 Å². The average Bonchev–Trinajstić information content (AvgIpc) is 2.91. The van der Waals surface area contributed by atoms with E-state index in [1.807, 2.05) is 48.5 Å². The molecule has 1 N–H and O–H groups in total. The molecule has 0 bridgehead atoms. The third-order valence-electron chi connectivity index (χ3n) is 5.59. The van der Waals surface area contributed by atoms with Gasteiger partial charge in [0.15, 0.2) is 12.7 Å². The van der Waals surface area contributed by atoms with Crippen molar-refractivity contribution in [3.05, 3.63) is 138 Å². The van der Waals surface area contributed by atoms with Crippen LogP contribution in [0.2, 0.25) is 0 Å². The molecule has 4 aromatic rings. The van der Waals surface area contributed by atoms with Crippen LogP contribution in [-0.2, 0) is 0 Å². The van der Waals surface area contributed by atoms with Crippen LogP contribution >= 0.6 is 19.0 Å². The number of hydrogen-bond donors (Lipinski definition) is 1. The second kappa shape index (κ2) is 13.6. The molecular weight excluding hydrogens is 580 g/mol. The first-order valence-electron chi connectivity index (χ1n) is 11.5. The van der Waals surface area contributed by atoms with Crippen molar-refractivity contribution in [2.75, 3.05) is 5.75 Å². The standard InChI is InChI=1S/C30H28NOPS.HI/c1-2-23-34-24-29(31-30(32)25-15-7-3-8-16-25)33(26-17-9-4-10-18-26,27-19-11-5-12-20-27)28-21-13-6-14-22-28;/h3-22,24H,2,23H2,1H3;1H/b29-24+;. The van der Waals surface area contributed by atoms with Gasteiger partial charge in [0.05, 0.1) is 0 Å². The van der Waals surface area contributed by atoms with Crippen LogP contribution in [0.5, 0.6) is 0 Å². The molecule has 5 heteroatoms. The smallest absolute Gasteiger partial charge is 0.258 e. The van der Waals surface area contributed by atoms with Crippen molar-refractivity contribution in [2.24, 2.45) is 0 Å². The van der Waals surface area contributed by atoms with Crippen LogP contribution in [-0.4, -0.2) is 11.7 Å². The predicted octanol–water partition coefficient (Wildman–Crippen LogP) is 3.36. The quantitative estimate of drug-likeness (QED) is 0.179. The molecule has 178 valence electrons. The van der Waals surface area contributed by atoms with Crippen LogP contribution in [0.4, 0.5) is 0 Å². The van der Waals surface area contributed by atoms with Gasteiger partial charge in [0.25, 0.3) is 5.91 Å². The number of benzene rings is 4. The van der Waals surface area contributed by atoms with E-state index < -0.39 is 7.26 Å². The van der Waals surface area contributed by atoms with Crippen molar-refractivity contribution in [3.63, 3.8) is 0 Å². The molecule has 0 fully saturated rings. The highest BCUT2D eigenvalue weighted by Crippen LogP contribution is 2.61. The van der Waals surface area contributed by atoms with Gasteiger partial charge in [-0.25, -0.2) is 0 Å². The van der Waals surface area contributed by atoms with Gasteiger partial charge < -0.3 is 24.0 Å². The van der Waals surface area contributed by atoms with Gasteiger partial charge in [0.2, 0.25) is 0 Å². The summed E-state index contributed by atoms with van der Waals surface area (Å²) in [6.45, 7) is 2.18. The summed E-state index contributed by atoms with van der Waals surface area (Å²) in [6.07, 6.45) is 1.06. The number of carbonyl (C=O) groups is 1. The first kappa shape index (κ1) is 27.2. The normalized spacial score (nSPS) is 11.4. The first-order valence-corrected chi connectivity index (χ1v) is 14.3. The maximum absolute atomic E-state index is 13.5. The highest BCUT2D eigenvalue weighted by molar-refractivity contribution is 8.04. The molecule has 0 aliphatic rings. The second-order valence-electron chi connectivity index (χ2n) is 7.87. The van der Waals surface area contributed by atoms with Crippen molar-refractivity contribution in [1.29, 1.82) is 0 Å². The van der Waals surface area contributed by atoms with Gasteiger partial charge in [0.1, 0.15) is 15.9 Å². The molecule has 0 saturated heterocycles. The molecular formula is C30H29INOPS. The molecule has 1 amide bonds. The van der Waals surface area contributed by atoms with Crippen molar-refractivity contribution in [2.45, 2.75) is 13.3 Å². The number of halogens is 1. The number of rotatable bonds is 9. The van der Waals surface area contributed by atoms with E-state index in [0.29, 0.717) is 5.56 Å². The van der Waals surface area contributed by atoms with E-state index in [0.717, 1.165) is 17.6 Å². The lowest BCUT2D eigenvalue weighted by atomic mass is 10.2. The molecule has 4 aromatic carbocycles. The molecule has 2 nitrogen and oxygen atoms in total. The van der Waals surface area contributed by atoms with E-state index in [1.165, 1.54) is 15.9 Å². The number of carbonyl (C=O) groups excluding carboxylic acids is 1. The summed E-state index contributed by atoms with van der Waals surface area (Å²) in [7, 11) is -2.37. The minimum absolute atomic E-state index is 0. The number of hydrogen-bond acceptors (Lipinski definition) is 2. The largest absolute Gasteiger partial charge is 1.00 e. The molecule has 0 radical (unpaired) electrons. The Kier molecular flexibility index (Phi) is 10.6. The topological polar surface area (TPSA) is 29.1 Å². The van der Waals surface area contributed by atoms with E-state index in [-0.39, 0.29) is 29.9 Å². The third kappa shape index (κ3) is 6.24. The summed E-state index contributed by atoms with van der Waals surface area (Å²) in [6, 6.07) is 41.3. The predicted molar refractivity (Wildman–Crippen MR) is 150 cm³/mol. The van der Waals surface area contributed by atoms with Crippen LogP contribution < -0.4 is 45.2 Å². The summed E-state index contributed by atoms with van der Waals surface area (Å²) in [4.78, 5) is 13.5. The summed E-state index contributed by atoms with van der Waals surface area (Å²) in [5.74, 6) is 0.902. The fourth-order valence-electron chi connectivity index (χ4n) is 4.05. The Morgan fingerprint density at radius 3 is 1.51 bits per heavy atom. The Morgan fingerprint density at radius 1 is 0.714 bits per heavy atom. The first-order chi connectivity index (χ1) is 16.8. The molecule has 4 rings (SSSR count). The van der Waals surface area contributed by atoms with Gasteiger partial charge in [0, 0.05) is 11.0 Å². The van der Waals surface area contributed by atoms with Gasteiger partial charge in [-0.15, -0.1) is 11.8 Å². The molecule has 0 saturated carbocycles. The summed E-state index contributed by atoms with van der Waals surface area (Å²) in [5.41, 5.74) is 1.62. The molecule has 0 atom stereocenters. The summed E-state index contributed by atoms with van der Waals surface area (Å²) < 4.78 is 0. The third-order valence-corrected chi connectivity index (χ3v) is 11.0. The Balaban J connectivity index is 0.00000342. The fraction of sp³-hybridized carbons (Fsp3) is 0.100. The second-order valence-corrected chi connectivity index (χ2v) is 12.2. The zero-order valence-corrected chi connectivity index (χ0v) is 23.5. The SMILES string of the molecule is CCCS/C=C(\NC(=O)c1ccccc1)[P+](c1ccccc1)(c1ccccc1)c1ccccc1.[I-]. The summed E-state index contributed by atoms with van der Waals surface area (Å²) >= 11 is 1.76. The number of nitrogens with one attached hydrogen (secondary N) is 1. The van der Waals surface area contributed by atoms with Gasteiger partial charge in [-0.3, -0.25) is 10.1 Å². The highest BCUT2D eigenvalue weighted by atomic mass is 127. The van der Waals surface area contributed by atoms with Gasteiger partial charge >= 0.3 is 0 Å². The maximum Gasteiger partial charge on any atom is 0.258 e. The Morgan fingerprint density at radius 2 is 1.11 bits per heavy atom. The van der Waals surface area contributed by atoms with Crippen LogP contribution in [0.15, 0.2) is 132 Å². The van der Waals surface area contributed by atoms with Crippen LogP contribution in [0.25, 0.3) is 0 Å². The molecule has 0 heterocycles. The molecule has 0 aliphatic carbocycles. The highest BCUT2D eigenvalue weighted by Gasteiger charge is 2.50. The zero-order chi connectivity index (χ0) is 23.6. The molecule has 0 unspecified atom stereocenters. The molecule has 35 heavy (non-hydrogen) atoms. The number of amides is 1. The van der Waals surface area contributed by atoms with Crippen molar-refractivity contribution < 1.29 is 28.8 Å². The van der Waals surface area contributed by atoms with Crippen molar-refractivity contribution in [3.8, 4) is 0 Å². The van der Waals surface area contributed by atoms with Crippen LogP contribution in [0.3, 0.4) is 0 Å². The lowest BCUT2D eigenvalue weighted by Gasteiger charge is -2.29. The van der Waals surface area contributed by atoms with E-state index in [4.69, 9.17) is 0 Å². The average molecular weight is 610 g/mol. The Hall–Kier alpha value is -2.40. The van der Waals surface area contributed by atoms with E-state index in [2.05, 4.69) is 90.4 Å². The summed E-state index contributed by atoms with van der Waals surface area (Å²) in [5, 5.41) is 9.20. The monoisotopic (exact) mass is 609 g/mol. The van der Waals surface area contributed by atoms with E-state index in [9.17, 15) is 4.79 Å². The van der Waals surface area contributed by atoms with E-state index >= 15 is 0 Å². The van der Waals surface area contributed by atoms with Gasteiger partial charge in [-0.05, 0) is 60.7 Å². The van der Waals surface area contributed by atoms with Gasteiger partial charge in [-0.1, -0.05) is 79.7 Å². The fourth-order valence-corrected chi connectivity index (χ4v) is 9.33. The van der Waals surface area contributed by atoms with Gasteiger partial charge in [-0.2, -0.15) is 0 Å². The molecule has 0 spiro atoms. The minimum Gasteiger partial charge on any atom is -1.00 e. The lowest BCUT2D eigenvalue weighted by Crippen LogP contribution is -3.00. The van der Waals surface area contributed by atoms with Crippen LogP contribution in [0.1, 0.15) is 23.7 Å². The van der Waals surface area contributed by atoms with Crippen molar-refractivity contribution >= 4 is 40.8 Å². The van der Waals surface area contributed by atoms with E-state index in [1.54, 1.807) is 11.8 Å². The van der Waals surface area contributed by atoms with Crippen LogP contribution in [0, 0.1) is 0 Å². The zero-order valence-electron chi connectivity index (χ0n) is 19.7. The molecule has 0 aromatic heterocycles. The Labute approximate surface area is 230 Å². The Bertz CT molecular complexity index is 1120. The lowest BCUT2D eigenvalue weighted by molar-refractivity contribution is -0.0000149. The number of thioether (sulfide) groups is 1.